The normalized spacial score (nSPS) is 18.6. The van der Waals surface area contributed by atoms with Crippen molar-refractivity contribution in [2.24, 2.45) is 5.92 Å². The van der Waals surface area contributed by atoms with Crippen LogP contribution in [-0.2, 0) is 0 Å². The molecule has 180 valence electrons. The van der Waals surface area contributed by atoms with Crippen molar-refractivity contribution in [1.29, 1.82) is 0 Å². The van der Waals surface area contributed by atoms with Crippen molar-refractivity contribution in [3.63, 3.8) is 0 Å². The molecule has 3 aromatic rings. The lowest BCUT2D eigenvalue weighted by atomic mass is 9.92. The third-order valence-corrected chi connectivity index (χ3v) is 8.21. The number of imidazole rings is 1. The van der Waals surface area contributed by atoms with Gasteiger partial charge >= 0.3 is 5.69 Å². The second-order valence-corrected chi connectivity index (χ2v) is 10.4. The number of fused-ring (bicyclic) bond motifs is 1. The van der Waals surface area contributed by atoms with E-state index in [4.69, 9.17) is 23.2 Å². The van der Waals surface area contributed by atoms with Crippen LogP contribution in [0.15, 0.2) is 47.3 Å². The van der Waals surface area contributed by atoms with Gasteiger partial charge in [-0.05, 0) is 74.9 Å². The summed E-state index contributed by atoms with van der Waals surface area (Å²) < 4.78 is 1.95. The molecule has 0 saturated carbocycles. The van der Waals surface area contributed by atoms with E-state index in [1.807, 2.05) is 33.7 Å². The third kappa shape index (κ3) is 4.90. The molecule has 2 fully saturated rings. The van der Waals surface area contributed by atoms with Gasteiger partial charge in [0.15, 0.2) is 0 Å². The van der Waals surface area contributed by atoms with Gasteiger partial charge in [-0.15, -0.1) is 0 Å². The smallest absolute Gasteiger partial charge is 0.326 e. The van der Waals surface area contributed by atoms with E-state index < -0.39 is 0 Å². The second-order valence-electron chi connectivity index (χ2n) is 9.54. The van der Waals surface area contributed by atoms with Crippen molar-refractivity contribution in [3.8, 4) is 0 Å². The predicted molar refractivity (Wildman–Crippen MR) is 137 cm³/mol. The van der Waals surface area contributed by atoms with Crippen LogP contribution in [0.1, 0.15) is 48.5 Å². The Balaban J connectivity index is 1.08. The molecule has 1 amide bonds. The summed E-state index contributed by atoms with van der Waals surface area (Å²) in [5.74, 6) is 0.679. The summed E-state index contributed by atoms with van der Waals surface area (Å²) in [6, 6.07) is 13.3. The molecule has 2 aliphatic rings. The van der Waals surface area contributed by atoms with Crippen LogP contribution in [0.25, 0.3) is 11.0 Å². The highest BCUT2D eigenvalue weighted by molar-refractivity contribution is 6.42. The van der Waals surface area contributed by atoms with E-state index in [9.17, 15) is 9.59 Å². The maximum atomic E-state index is 12.8. The highest BCUT2D eigenvalue weighted by atomic mass is 35.5. The number of H-pyrrole nitrogens is 1. The Morgan fingerprint density at radius 3 is 2.41 bits per heavy atom. The molecule has 1 N–H and O–H groups in total. The fraction of sp³-hybridized carbons (Fsp3) is 0.462. The zero-order chi connectivity index (χ0) is 23.7. The van der Waals surface area contributed by atoms with Crippen LogP contribution in [0.5, 0.6) is 0 Å². The third-order valence-electron chi connectivity index (χ3n) is 7.47. The molecule has 1 aromatic heterocycles. The van der Waals surface area contributed by atoms with Gasteiger partial charge in [-0.1, -0.05) is 35.3 Å². The van der Waals surface area contributed by atoms with Gasteiger partial charge in [-0.25, -0.2) is 4.79 Å². The Kier molecular flexibility index (Phi) is 7.00. The Labute approximate surface area is 209 Å². The number of nitrogens with one attached hydrogen (secondary N) is 1. The molecule has 2 saturated heterocycles. The van der Waals surface area contributed by atoms with Gasteiger partial charge in [-0.3, -0.25) is 9.36 Å². The zero-order valence-electron chi connectivity index (χ0n) is 19.2. The van der Waals surface area contributed by atoms with E-state index in [1.165, 1.54) is 0 Å². The van der Waals surface area contributed by atoms with Gasteiger partial charge < -0.3 is 14.8 Å². The Morgan fingerprint density at radius 1 is 0.941 bits per heavy atom. The lowest BCUT2D eigenvalue weighted by molar-refractivity contribution is 0.0677. The van der Waals surface area contributed by atoms with Crippen molar-refractivity contribution in [2.45, 2.75) is 38.1 Å². The number of carbonyl (C=O) groups excluding carboxylic acids is 1. The first kappa shape index (κ1) is 23.5. The van der Waals surface area contributed by atoms with Gasteiger partial charge in [0.25, 0.3) is 5.91 Å². The lowest BCUT2D eigenvalue weighted by Crippen LogP contribution is -2.40. The molecule has 34 heavy (non-hydrogen) atoms. The summed E-state index contributed by atoms with van der Waals surface area (Å²) in [6.45, 7) is 4.70. The van der Waals surface area contributed by atoms with Crippen molar-refractivity contribution in [2.75, 3.05) is 32.7 Å². The van der Waals surface area contributed by atoms with Crippen LogP contribution in [0.3, 0.4) is 0 Å². The first-order chi connectivity index (χ1) is 16.5. The van der Waals surface area contributed by atoms with Crippen LogP contribution < -0.4 is 5.69 Å². The number of nitrogens with zero attached hydrogens (tertiary/aromatic N) is 3. The van der Waals surface area contributed by atoms with Gasteiger partial charge in [0.05, 0.1) is 21.1 Å². The number of carbonyl (C=O) groups is 1. The van der Waals surface area contributed by atoms with Crippen molar-refractivity contribution in [1.82, 2.24) is 19.4 Å². The molecule has 2 aliphatic heterocycles. The molecule has 8 heteroatoms. The lowest BCUT2D eigenvalue weighted by Gasteiger charge is -2.35. The SMILES string of the molecule is O=C(c1ccc(Cl)c(Cl)c1)N1CCC(CCN2CCC(n3c(=O)[nH]c4ccccc43)CC2)CC1. The zero-order valence-corrected chi connectivity index (χ0v) is 20.7. The van der Waals surface area contributed by atoms with Crippen molar-refractivity contribution < 1.29 is 4.79 Å². The van der Waals surface area contributed by atoms with Gasteiger partial charge in [-0.2, -0.15) is 0 Å². The number of rotatable bonds is 5. The highest BCUT2D eigenvalue weighted by Gasteiger charge is 2.26. The summed E-state index contributed by atoms with van der Waals surface area (Å²) in [6.07, 6.45) is 5.23. The van der Waals surface area contributed by atoms with Crippen LogP contribution in [0.4, 0.5) is 0 Å². The number of piperidine rings is 2. The Morgan fingerprint density at radius 2 is 1.68 bits per heavy atom. The first-order valence-electron chi connectivity index (χ1n) is 12.2. The van der Waals surface area contributed by atoms with Crippen LogP contribution >= 0.6 is 23.2 Å². The summed E-state index contributed by atoms with van der Waals surface area (Å²) in [4.78, 5) is 32.7. The predicted octanol–water partition coefficient (Wildman–Crippen LogP) is 5.22. The highest BCUT2D eigenvalue weighted by Crippen LogP contribution is 2.28. The number of likely N-dealkylation sites (tertiary alicyclic amines) is 2. The number of hydrogen-bond donors (Lipinski definition) is 1. The van der Waals surface area contributed by atoms with Crippen LogP contribution in [0, 0.1) is 5.92 Å². The number of benzene rings is 2. The van der Waals surface area contributed by atoms with Crippen molar-refractivity contribution >= 4 is 40.1 Å². The molecular weight excluding hydrogens is 471 g/mol. The molecule has 2 aromatic carbocycles. The number of amides is 1. The average Bonchev–Trinajstić information content (AvgIpc) is 3.20. The monoisotopic (exact) mass is 500 g/mol. The quantitative estimate of drug-likeness (QED) is 0.522. The summed E-state index contributed by atoms with van der Waals surface area (Å²) in [5, 5.41) is 0.884. The van der Waals surface area contributed by atoms with Gasteiger partial charge in [0, 0.05) is 37.8 Å². The number of hydrogen-bond acceptors (Lipinski definition) is 3. The average molecular weight is 501 g/mol. The van der Waals surface area contributed by atoms with Crippen molar-refractivity contribution in [3.05, 3.63) is 68.6 Å². The molecular formula is C26H30Cl2N4O2. The van der Waals surface area contributed by atoms with E-state index in [1.54, 1.807) is 18.2 Å². The molecule has 6 nitrogen and oxygen atoms in total. The van der Waals surface area contributed by atoms with E-state index in [2.05, 4.69) is 9.88 Å². The Bertz CT molecular complexity index is 1220. The minimum Gasteiger partial charge on any atom is -0.339 e. The molecule has 0 spiro atoms. The standard InChI is InChI=1S/C26H30Cl2N4O2/c27-21-6-5-19(17-22(21)28)25(33)31-15-8-18(9-16-31)7-12-30-13-10-20(11-14-30)32-24-4-2-1-3-23(24)29-26(32)34/h1-6,17-18,20H,7-16H2,(H,29,34). The number of halogens is 2. The molecule has 0 unspecified atom stereocenters. The van der Waals surface area contributed by atoms with Gasteiger partial charge in [0.2, 0.25) is 0 Å². The summed E-state index contributed by atoms with van der Waals surface area (Å²) in [5.41, 5.74) is 2.53. The molecule has 0 aliphatic carbocycles. The van der Waals surface area contributed by atoms with E-state index >= 15 is 0 Å². The fourth-order valence-electron chi connectivity index (χ4n) is 5.44. The van der Waals surface area contributed by atoms with Gasteiger partial charge in [0.1, 0.15) is 0 Å². The van der Waals surface area contributed by atoms with Crippen LogP contribution in [0.2, 0.25) is 10.0 Å². The molecule has 0 bridgehead atoms. The van der Waals surface area contributed by atoms with E-state index in [0.717, 1.165) is 75.9 Å². The fourth-order valence-corrected chi connectivity index (χ4v) is 5.74. The molecule has 0 radical (unpaired) electrons. The summed E-state index contributed by atoms with van der Waals surface area (Å²) in [7, 11) is 0. The van der Waals surface area contributed by atoms with E-state index in [0.29, 0.717) is 21.5 Å². The Hall–Kier alpha value is -2.28. The van der Waals surface area contributed by atoms with E-state index in [-0.39, 0.29) is 17.6 Å². The topological polar surface area (TPSA) is 61.3 Å². The maximum absolute atomic E-state index is 12.8. The summed E-state index contributed by atoms with van der Waals surface area (Å²) >= 11 is 12.1. The second kappa shape index (κ2) is 10.1. The number of aromatic nitrogens is 2. The molecule has 3 heterocycles. The number of aromatic amines is 1. The molecule has 0 atom stereocenters. The minimum atomic E-state index is 0.00169. The largest absolute Gasteiger partial charge is 0.339 e. The first-order valence-corrected chi connectivity index (χ1v) is 12.9. The van der Waals surface area contributed by atoms with Crippen LogP contribution in [-0.4, -0.2) is 58.0 Å². The number of para-hydroxylation sites is 2. The molecule has 5 rings (SSSR count). The minimum absolute atomic E-state index is 0.00169. The maximum Gasteiger partial charge on any atom is 0.326 e.